The molecule has 0 saturated carbocycles. The molecule has 0 aliphatic carbocycles. The van der Waals surface area contributed by atoms with Crippen LogP contribution in [-0.2, 0) is 11.2 Å². The second-order valence-corrected chi connectivity index (χ2v) is 4.32. The summed E-state index contributed by atoms with van der Waals surface area (Å²) < 4.78 is 0. The van der Waals surface area contributed by atoms with Gasteiger partial charge in [0.1, 0.15) is 0 Å². The van der Waals surface area contributed by atoms with Gasteiger partial charge in [0.15, 0.2) is 0 Å². The van der Waals surface area contributed by atoms with E-state index in [1.165, 1.54) is 0 Å². The van der Waals surface area contributed by atoms with Crippen LogP contribution in [0.25, 0.3) is 0 Å². The van der Waals surface area contributed by atoms with Crippen molar-refractivity contribution in [2.45, 2.75) is 39.2 Å². The smallest absolute Gasteiger partial charge is 0.224 e. The number of hydrogen-bond acceptors (Lipinski definition) is 1. The molecule has 1 aromatic rings. The molecule has 88 valence electrons. The molecule has 0 saturated heterocycles. The molecule has 1 rings (SSSR count). The number of carbonyl (C=O) groups is 1. The van der Waals surface area contributed by atoms with Gasteiger partial charge in [-0.05, 0) is 30.5 Å². The Morgan fingerprint density at radius 3 is 2.62 bits per heavy atom. The lowest BCUT2D eigenvalue weighted by Crippen LogP contribution is -2.34. The Morgan fingerprint density at radius 2 is 2.06 bits per heavy atom. The van der Waals surface area contributed by atoms with Crippen molar-refractivity contribution in [3.05, 3.63) is 34.9 Å². The van der Waals surface area contributed by atoms with E-state index in [9.17, 15) is 4.79 Å². The number of hydrogen-bond donors (Lipinski definition) is 1. The number of carbonyl (C=O) groups excluding carboxylic acids is 1. The van der Waals surface area contributed by atoms with Gasteiger partial charge in [-0.15, -0.1) is 0 Å². The molecule has 0 heterocycles. The van der Waals surface area contributed by atoms with E-state index in [4.69, 9.17) is 11.6 Å². The maximum absolute atomic E-state index is 11.7. The summed E-state index contributed by atoms with van der Waals surface area (Å²) in [7, 11) is 0. The minimum atomic E-state index is 0.0657. The standard InChI is InChI=1S/C13H18ClNO/c1-3-12(4-2)15-13(16)9-10-6-5-7-11(14)8-10/h5-8,12H,3-4,9H2,1-2H3,(H,15,16). The van der Waals surface area contributed by atoms with Crippen LogP contribution >= 0.6 is 11.6 Å². The Kier molecular flexibility index (Phi) is 5.33. The number of benzene rings is 1. The molecular formula is C13H18ClNO. The molecule has 0 radical (unpaired) electrons. The van der Waals surface area contributed by atoms with Crippen LogP contribution in [0.4, 0.5) is 0 Å². The highest BCUT2D eigenvalue weighted by molar-refractivity contribution is 6.30. The summed E-state index contributed by atoms with van der Waals surface area (Å²) in [6.45, 7) is 4.15. The van der Waals surface area contributed by atoms with Crippen molar-refractivity contribution in [1.29, 1.82) is 0 Å². The molecule has 1 N–H and O–H groups in total. The highest BCUT2D eigenvalue weighted by atomic mass is 35.5. The van der Waals surface area contributed by atoms with Gasteiger partial charge in [-0.1, -0.05) is 37.6 Å². The molecule has 0 bridgehead atoms. The number of halogens is 1. The van der Waals surface area contributed by atoms with Crippen molar-refractivity contribution in [2.75, 3.05) is 0 Å². The molecule has 0 aliphatic heterocycles. The van der Waals surface area contributed by atoms with E-state index >= 15 is 0 Å². The third kappa shape index (κ3) is 4.23. The lowest BCUT2D eigenvalue weighted by atomic mass is 10.1. The van der Waals surface area contributed by atoms with Crippen LogP contribution in [0.15, 0.2) is 24.3 Å². The Bertz CT molecular complexity index is 348. The molecule has 0 aromatic heterocycles. The predicted molar refractivity (Wildman–Crippen MR) is 67.7 cm³/mol. The first-order valence-electron chi connectivity index (χ1n) is 5.69. The first-order chi connectivity index (χ1) is 7.65. The van der Waals surface area contributed by atoms with Crippen molar-refractivity contribution >= 4 is 17.5 Å². The Labute approximate surface area is 102 Å². The summed E-state index contributed by atoms with van der Waals surface area (Å²) in [6, 6.07) is 7.70. The molecular weight excluding hydrogens is 222 g/mol. The zero-order chi connectivity index (χ0) is 12.0. The molecule has 0 atom stereocenters. The van der Waals surface area contributed by atoms with Gasteiger partial charge in [0.05, 0.1) is 6.42 Å². The van der Waals surface area contributed by atoms with Crippen LogP contribution in [0.5, 0.6) is 0 Å². The van der Waals surface area contributed by atoms with Crippen molar-refractivity contribution in [1.82, 2.24) is 5.32 Å². The Balaban J connectivity index is 2.51. The number of rotatable bonds is 5. The van der Waals surface area contributed by atoms with Crippen LogP contribution in [0.2, 0.25) is 5.02 Å². The van der Waals surface area contributed by atoms with E-state index in [2.05, 4.69) is 19.2 Å². The molecule has 1 aromatic carbocycles. The van der Waals surface area contributed by atoms with Crippen LogP contribution in [0, 0.1) is 0 Å². The van der Waals surface area contributed by atoms with E-state index in [-0.39, 0.29) is 11.9 Å². The fraction of sp³-hybridized carbons (Fsp3) is 0.462. The summed E-state index contributed by atoms with van der Waals surface area (Å²) >= 11 is 5.86. The highest BCUT2D eigenvalue weighted by Gasteiger charge is 2.08. The van der Waals surface area contributed by atoms with Gasteiger partial charge in [-0.25, -0.2) is 0 Å². The van der Waals surface area contributed by atoms with Crippen molar-refractivity contribution in [3.63, 3.8) is 0 Å². The number of amides is 1. The molecule has 3 heteroatoms. The minimum absolute atomic E-state index is 0.0657. The second kappa shape index (κ2) is 6.54. The van der Waals surface area contributed by atoms with Crippen LogP contribution in [0.1, 0.15) is 32.3 Å². The molecule has 16 heavy (non-hydrogen) atoms. The molecule has 0 aliphatic rings. The third-order valence-electron chi connectivity index (χ3n) is 2.60. The van der Waals surface area contributed by atoms with Crippen LogP contribution < -0.4 is 5.32 Å². The van der Waals surface area contributed by atoms with Gasteiger partial charge >= 0.3 is 0 Å². The Hall–Kier alpha value is -1.02. The zero-order valence-electron chi connectivity index (χ0n) is 9.79. The Morgan fingerprint density at radius 1 is 1.38 bits per heavy atom. The van der Waals surface area contributed by atoms with Crippen LogP contribution in [-0.4, -0.2) is 11.9 Å². The maximum Gasteiger partial charge on any atom is 0.224 e. The molecule has 0 unspecified atom stereocenters. The average molecular weight is 240 g/mol. The molecule has 0 spiro atoms. The summed E-state index contributed by atoms with van der Waals surface area (Å²) in [4.78, 5) is 11.7. The predicted octanol–water partition coefficient (Wildman–Crippen LogP) is 3.19. The lowest BCUT2D eigenvalue weighted by Gasteiger charge is -2.14. The first-order valence-corrected chi connectivity index (χ1v) is 6.07. The van der Waals surface area contributed by atoms with Gasteiger partial charge in [0.2, 0.25) is 5.91 Å². The topological polar surface area (TPSA) is 29.1 Å². The monoisotopic (exact) mass is 239 g/mol. The van der Waals surface area contributed by atoms with Gasteiger partial charge in [0, 0.05) is 11.1 Å². The summed E-state index contributed by atoms with van der Waals surface area (Å²) in [5.41, 5.74) is 0.955. The van der Waals surface area contributed by atoms with E-state index in [1.54, 1.807) is 0 Å². The van der Waals surface area contributed by atoms with Gasteiger partial charge in [0.25, 0.3) is 0 Å². The fourth-order valence-corrected chi connectivity index (χ4v) is 1.82. The fourth-order valence-electron chi connectivity index (χ4n) is 1.60. The van der Waals surface area contributed by atoms with Crippen molar-refractivity contribution < 1.29 is 4.79 Å². The molecule has 1 amide bonds. The lowest BCUT2D eigenvalue weighted by molar-refractivity contribution is -0.121. The number of nitrogens with one attached hydrogen (secondary N) is 1. The van der Waals surface area contributed by atoms with E-state index < -0.39 is 0 Å². The molecule has 2 nitrogen and oxygen atoms in total. The average Bonchev–Trinajstić information content (AvgIpc) is 2.26. The van der Waals surface area contributed by atoms with E-state index in [1.807, 2.05) is 24.3 Å². The SMILES string of the molecule is CCC(CC)NC(=O)Cc1cccc(Cl)c1. The minimum Gasteiger partial charge on any atom is -0.353 e. The summed E-state index contributed by atoms with van der Waals surface area (Å²) in [5, 5.41) is 3.68. The van der Waals surface area contributed by atoms with Gasteiger partial charge in [-0.2, -0.15) is 0 Å². The highest BCUT2D eigenvalue weighted by Crippen LogP contribution is 2.11. The summed E-state index contributed by atoms with van der Waals surface area (Å²) in [6.07, 6.45) is 2.34. The third-order valence-corrected chi connectivity index (χ3v) is 2.84. The van der Waals surface area contributed by atoms with E-state index in [0.717, 1.165) is 18.4 Å². The zero-order valence-corrected chi connectivity index (χ0v) is 10.6. The second-order valence-electron chi connectivity index (χ2n) is 3.89. The normalized spacial score (nSPS) is 10.5. The van der Waals surface area contributed by atoms with Gasteiger partial charge < -0.3 is 5.32 Å². The summed E-state index contributed by atoms with van der Waals surface area (Å²) in [5.74, 6) is 0.0657. The quantitative estimate of drug-likeness (QED) is 0.840. The maximum atomic E-state index is 11.7. The largest absolute Gasteiger partial charge is 0.353 e. The first kappa shape index (κ1) is 13.0. The van der Waals surface area contributed by atoms with E-state index in [0.29, 0.717) is 11.4 Å². The van der Waals surface area contributed by atoms with Crippen molar-refractivity contribution in [2.24, 2.45) is 0 Å². The van der Waals surface area contributed by atoms with Crippen LogP contribution in [0.3, 0.4) is 0 Å². The van der Waals surface area contributed by atoms with Gasteiger partial charge in [-0.3, -0.25) is 4.79 Å². The molecule has 0 fully saturated rings. The van der Waals surface area contributed by atoms with Crippen molar-refractivity contribution in [3.8, 4) is 0 Å².